The molecule has 0 amide bonds. The second-order valence-corrected chi connectivity index (χ2v) is 19.9. The van der Waals surface area contributed by atoms with Gasteiger partial charge in [0.05, 0.1) is 0 Å². The van der Waals surface area contributed by atoms with Crippen molar-refractivity contribution in [1.29, 1.82) is 0 Å². The minimum absolute atomic E-state index is 0. The Morgan fingerprint density at radius 1 is 0.521 bits per heavy atom. The fourth-order valence-corrected chi connectivity index (χ4v) is 11.8. The van der Waals surface area contributed by atoms with Crippen LogP contribution in [-0.4, -0.2) is 8.07 Å². The molecule has 4 heteroatoms. The van der Waals surface area contributed by atoms with Crippen LogP contribution in [0, 0.1) is 0 Å². The largest absolute Gasteiger partial charge is 4.00 e. The molecule has 0 aliphatic heterocycles. The predicted molar refractivity (Wildman–Crippen MR) is 203 cm³/mol. The summed E-state index contributed by atoms with van der Waals surface area (Å²) in [6, 6.07) is 37.6. The molecule has 0 spiro atoms. The molecule has 6 aromatic carbocycles. The van der Waals surface area contributed by atoms with Crippen LogP contribution in [0.3, 0.4) is 0 Å². The maximum Gasteiger partial charge on any atom is 4.00 e. The molecule has 0 saturated carbocycles. The van der Waals surface area contributed by atoms with E-state index in [4.69, 9.17) is 0 Å². The van der Waals surface area contributed by atoms with Crippen LogP contribution in [0.25, 0.3) is 43.8 Å². The standard InChI is InChI=1S/C44H50Si.2ClH.Zr/c1-11-29-27-33-15-13-17-37(31-19-23-35(24-20-31)43(3,4)5)39(33)41(29)45(9,10)42-30(12-2)28-34-16-14-18-38(40(34)42)32-21-25-36(26-22-32)44(6,7)8;;;/h13-28H,11-12H2,1-10H3;2*1H;/q-2;;;+4/p-2. The van der Waals surface area contributed by atoms with Crippen LogP contribution in [0.4, 0.5) is 0 Å². The first-order valence-electron chi connectivity index (χ1n) is 16.9. The van der Waals surface area contributed by atoms with Gasteiger partial charge in [-0.05, 0) is 45.9 Å². The molecule has 0 atom stereocenters. The number of hydrogen-bond donors (Lipinski definition) is 0. The third kappa shape index (κ3) is 7.16. The quantitative estimate of drug-likeness (QED) is 0.159. The summed E-state index contributed by atoms with van der Waals surface area (Å²) in [5.74, 6) is 0. The van der Waals surface area contributed by atoms with Crippen molar-refractivity contribution < 1.29 is 51.0 Å². The molecule has 0 radical (unpaired) electrons. The van der Waals surface area contributed by atoms with Crippen LogP contribution in [0.5, 0.6) is 0 Å². The molecule has 0 fully saturated rings. The topological polar surface area (TPSA) is 0 Å². The van der Waals surface area contributed by atoms with E-state index < -0.39 is 8.07 Å². The zero-order valence-electron chi connectivity index (χ0n) is 30.4. The Labute approximate surface area is 322 Å². The number of benzene rings is 4. The summed E-state index contributed by atoms with van der Waals surface area (Å²) in [5, 5.41) is 8.94. The molecule has 0 N–H and O–H groups in total. The van der Waals surface area contributed by atoms with Gasteiger partial charge in [-0.3, -0.25) is 0 Å². The van der Waals surface area contributed by atoms with E-state index in [0.29, 0.717) is 0 Å². The van der Waals surface area contributed by atoms with Crippen molar-refractivity contribution in [3.63, 3.8) is 0 Å². The summed E-state index contributed by atoms with van der Waals surface area (Å²) in [7, 11) is -2.22. The Kier molecular flexibility index (Phi) is 12.5. The van der Waals surface area contributed by atoms with E-state index in [0.717, 1.165) is 12.8 Å². The van der Waals surface area contributed by atoms with Gasteiger partial charge >= 0.3 is 26.2 Å². The third-order valence-electron chi connectivity index (χ3n) is 10.1. The summed E-state index contributed by atoms with van der Waals surface area (Å²) in [5.41, 5.74) is 11.4. The van der Waals surface area contributed by atoms with Crippen molar-refractivity contribution in [1.82, 2.24) is 0 Å². The van der Waals surface area contributed by atoms with Gasteiger partial charge in [0, 0.05) is 8.07 Å². The van der Waals surface area contributed by atoms with Gasteiger partial charge in [0.1, 0.15) is 0 Å². The van der Waals surface area contributed by atoms with Gasteiger partial charge in [-0.15, -0.1) is 69.1 Å². The van der Waals surface area contributed by atoms with Gasteiger partial charge in [0.2, 0.25) is 0 Å². The summed E-state index contributed by atoms with van der Waals surface area (Å²) in [6.07, 6.45) is 2.09. The van der Waals surface area contributed by atoms with Gasteiger partial charge in [-0.25, -0.2) is 0 Å². The van der Waals surface area contributed by atoms with Crippen LogP contribution in [-0.2, 0) is 49.9 Å². The maximum absolute atomic E-state index is 2.62. The summed E-state index contributed by atoms with van der Waals surface area (Å²) >= 11 is 0. The average molecular weight is 769 g/mol. The van der Waals surface area contributed by atoms with E-state index in [1.54, 1.807) is 10.4 Å². The van der Waals surface area contributed by atoms with Gasteiger partial charge in [-0.2, -0.15) is 10.4 Å². The zero-order chi connectivity index (χ0) is 32.3. The molecule has 6 aromatic rings. The Morgan fingerprint density at radius 2 is 0.854 bits per heavy atom. The Bertz CT molecular complexity index is 1850. The van der Waals surface area contributed by atoms with Crippen molar-refractivity contribution in [2.24, 2.45) is 0 Å². The Hall–Kier alpha value is -2.22. The number of fused-ring (bicyclic) bond motifs is 2. The molecule has 6 rings (SSSR count). The third-order valence-corrected chi connectivity index (χ3v) is 13.8. The second kappa shape index (κ2) is 14.9. The summed E-state index contributed by atoms with van der Waals surface area (Å²) in [6.45, 7) is 23.7. The minimum Gasteiger partial charge on any atom is -1.00 e. The molecule has 48 heavy (non-hydrogen) atoms. The fraction of sp³-hybridized carbons (Fsp3) is 0.318. The van der Waals surface area contributed by atoms with E-state index in [2.05, 4.69) is 166 Å². The van der Waals surface area contributed by atoms with Crippen LogP contribution < -0.4 is 35.2 Å². The molecule has 0 aliphatic rings. The molecule has 0 unspecified atom stereocenters. The predicted octanol–water partition coefficient (Wildman–Crippen LogP) is 5.31. The SMILES string of the molecule is CCc1[cH-]c2cccc(-c3ccc(C(C)(C)C)cc3)c2c1[Si](C)(C)c1c(CC)[cH-]c2cccc(-c3ccc(C(C)(C)C)cc3)c12.[Cl-].[Cl-].[Zr+4]. The van der Waals surface area contributed by atoms with E-state index in [9.17, 15) is 0 Å². The molecular formula is C44H50Cl2SiZr. The van der Waals surface area contributed by atoms with E-state index in [1.165, 1.54) is 66.1 Å². The van der Waals surface area contributed by atoms with Crippen molar-refractivity contribution >= 4 is 40.0 Å². The molecule has 0 bridgehead atoms. The number of aryl methyl sites for hydroxylation is 2. The van der Waals surface area contributed by atoms with Crippen molar-refractivity contribution in [2.45, 2.75) is 92.2 Å². The molecule has 0 heterocycles. The fourth-order valence-electron chi connectivity index (χ4n) is 7.67. The van der Waals surface area contributed by atoms with Crippen LogP contribution in [0.15, 0.2) is 97.1 Å². The van der Waals surface area contributed by atoms with Gasteiger partial charge in [0.15, 0.2) is 0 Å². The van der Waals surface area contributed by atoms with E-state index in [-0.39, 0.29) is 61.8 Å². The number of rotatable bonds is 6. The summed E-state index contributed by atoms with van der Waals surface area (Å²) in [4.78, 5) is 0. The molecule has 0 aliphatic carbocycles. The van der Waals surface area contributed by atoms with Crippen molar-refractivity contribution in [3.8, 4) is 22.3 Å². The first kappa shape index (κ1) is 40.2. The van der Waals surface area contributed by atoms with E-state index >= 15 is 0 Å². The van der Waals surface area contributed by atoms with Gasteiger partial charge < -0.3 is 24.8 Å². The molecule has 0 saturated heterocycles. The Balaban J connectivity index is 0.00000208. The molecule has 248 valence electrons. The minimum atomic E-state index is -2.22. The van der Waals surface area contributed by atoms with Crippen LogP contribution in [0.2, 0.25) is 13.1 Å². The molecule has 0 nitrogen and oxygen atoms in total. The summed E-state index contributed by atoms with van der Waals surface area (Å²) < 4.78 is 0. The number of halogens is 2. The smallest absolute Gasteiger partial charge is 1.00 e. The zero-order valence-corrected chi connectivity index (χ0v) is 35.4. The van der Waals surface area contributed by atoms with Crippen molar-refractivity contribution in [2.75, 3.05) is 0 Å². The van der Waals surface area contributed by atoms with Crippen LogP contribution >= 0.6 is 0 Å². The first-order chi connectivity index (χ1) is 21.3. The number of hydrogen-bond acceptors (Lipinski definition) is 0. The van der Waals surface area contributed by atoms with Gasteiger partial charge in [0.25, 0.3) is 0 Å². The maximum atomic E-state index is 2.62. The average Bonchev–Trinajstić information content (AvgIpc) is 3.60. The van der Waals surface area contributed by atoms with E-state index in [1.807, 2.05) is 0 Å². The van der Waals surface area contributed by atoms with Crippen LogP contribution in [0.1, 0.15) is 77.6 Å². The normalized spacial score (nSPS) is 12.0. The van der Waals surface area contributed by atoms with Crippen molar-refractivity contribution in [3.05, 3.63) is 119 Å². The molecule has 0 aromatic heterocycles. The molecular weight excluding hydrogens is 719 g/mol. The first-order valence-corrected chi connectivity index (χ1v) is 19.9. The Morgan fingerprint density at radius 3 is 1.15 bits per heavy atom. The monoisotopic (exact) mass is 766 g/mol. The van der Waals surface area contributed by atoms with Gasteiger partial charge in [-0.1, -0.05) is 140 Å². The second-order valence-electron chi connectivity index (χ2n) is 15.6.